The highest BCUT2D eigenvalue weighted by Gasteiger charge is 2.36. The molecular weight excluding hydrogens is 320 g/mol. The number of amides is 1. The van der Waals surface area contributed by atoms with Gasteiger partial charge in [0.2, 0.25) is 0 Å². The normalized spacial score (nSPS) is 14.4. The first-order valence-electron chi connectivity index (χ1n) is 8.97. The minimum absolute atomic E-state index is 0.250. The third-order valence-corrected chi connectivity index (χ3v) is 9.00. The molecule has 24 heavy (non-hydrogen) atoms. The standard InChI is InChI=1S/C18H40N2O3Si/c1-15(11-14-22-24(9,10)18(5,6)7)19-12-13-20(8)16(21)23-17(2,3)4/h15,19H,11-14H2,1-10H3. The summed E-state index contributed by atoms with van der Waals surface area (Å²) >= 11 is 0. The van der Waals surface area contributed by atoms with Crippen LogP contribution in [0.2, 0.25) is 18.1 Å². The van der Waals surface area contributed by atoms with E-state index in [2.05, 4.69) is 46.1 Å². The zero-order valence-corrected chi connectivity index (χ0v) is 18.6. The Kier molecular flexibility index (Phi) is 8.97. The molecule has 0 aliphatic carbocycles. The maximum atomic E-state index is 11.9. The van der Waals surface area contributed by atoms with Gasteiger partial charge >= 0.3 is 6.09 Å². The van der Waals surface area contributed by atoms with Gasteiger partial charge in [-0.05, 0) is 52.2 Å². The molecule has 0 aromatic rings. The van der Waals surface area contributed by atoms with E-state index < -0.39 is 13.9 Å². The van der Waals surface area contributed by atoms with Gasteiger partial charge in [-0.1, -0.05) is 20.8 Å². The second-order valence-electron chi connectivity index (χ2n) is 9.15. The molecular formula is C18H40N2O3Si. The highest BCUT2D eigenvalue weighted by Crippen LogP contribution is 2.36. The number of hydrogen-bond acceptors (Lipinski definition) is 4. The summed E-state index contributed by atoms with van der Waals surface area (Å²) in [4.78, 5) is 13.5. The maximum absolute atomic E-state index is 11.9. The Labute approximate surface area is 150 Å². The summed E-state index contributed by atoms with van der Waals surface area (Å²) in [6, 6.07) is 0.363. The third-order valence-electron chi connectivity index (χ3n) is 4.47. The van der Waals surface area contributed by atoms with Gasteiger partial charge in [0.05, 0.1) is 0 Å². The van der Waals surface area contributed by atoms with E-state index in [0.717, 1.165) is 19.6 Å². The van der Waals surface area contributed by atoms with E-state index in [1.54, 1.807) is 11.9 Å². The van der Waals surface area contributed by atoms with Crippen molar-refractivity contribution in [2.24, 2.45) is 0 Å². The van der Waals surface area contributed by atoms with Crippen LogP contribution in [-0.2, 0) is 9.16 Å². The molecule has 0 aliphatic heterocycles. The second-order valence-corrected chi connectivity index (χ2v) is 14.0. The molecule has 5 nitrogen and oxygen atoms in total. The highest BCUT2D eigenvalue weighted by molar-refractivity contribution is 6.74. The lowest BCUT2D eigenvalue weighted by molar-refractivity contribution is 0.0299. The van der Waals surface area contributed by atoms with Crippen molar-refractivity contribution < 1.29 is 14.0 Å². The van der Waals surface area contributed by atoms with Crippen LogP contribution in [0, 0.1) is 0 Å². The van der Waals surface area contributed by atoms with Gasteiger partial charge in [-0.25, -0.2) is 4.79 Å². The number of nitrogens with one attached hydrogen (secondary N) is 1. The number of rotatable bonds is 8. The van der Waals surface area contributed by atoms with Crippen molar-refractivity contribution in [2.45, 2.75) is 84.7 Å². The molecule has 0 saturated heterocycles. The fourth-order valence-electron chi connectivity index (χ4n) is 1.72. The Morgan fingerprint density at radius 2 is 1.71 bits per heavy atom. The topological polar surface area (TPSA) is 50.8 Å². The summed E-state index contributed by atoms with van der Waals surface area (Å²) in [6.45, 7) is 21.3. The van der Waals surface area contributed by atoms with Crippen molar-refractivity contribution >= 4 is 14.4 Å². The van der Waals surface area contributed by atoms with E-state index in [0.29, 0.717) is 12.6 Å². The number of hydrogen-bond donors (Lipinski definition) is 1. The quantitative estimate of drug-likeness (QED) is 0.658. The fourth-order valence-corrected chi connectivity index (χ4v) is 2.78. The predicted molar refractivity (Wildman–Crippen MR) is 104 cm³/mol. The van der Waals surface area contributed by atoms with Crippen molar-refractivity contribution in [3.63, 3.8) is 0 Å². The molecule has 1 amide bonds. The van der Waals surface area contributed by atoms with Crippen LogP contribution in [0.3, 0.4) is 0 Å². The van der Waals surface area contributed by atoms with Crippen molar-refractivity contribution in [1.29, 1.82) is 0 Å². The minimum Gasteiger partial charge on any atom is -0.444 e. The first kappa shape index (κ1) is 23.4. The zero-order valence-electron chi connectivity index (χ0n) is 17.6. The summed E-state index contributed by atoms with van der Waals surface area (Å²) in [6.07, 6.45) is 0.695. The lowest BCUT2D eigenvalue weighted by Gasteiger charge is -2.36. The SMILES string of the molecule is CC(CCO[Si](C)(C)C(C)(C)C)NCCN(C)C(=O)OC(C)(C)C. The number of likely N-dealkylation sites (N-methyl/N-ethyl adjacent to an activating group) is 1. The van der Waals surface area contributed by atoms with Gasteiger partial charge < -0.3 is 19.4 Å². The monoisotopic (exact) mass is 360 g/mol. The van der Waals surface area contributed by atoms with Crippen LogP contribution in [-0.4, -0.2) is 57.7 Å². The van der Waals surface area contributed by atoms with Crippen molar-refractivity contribution in [2.75, 3.05) is 26.7 Å². The molecule has 0 aliphatic rings. The summed E-state index contributed by atoms with van der Waals surface area (Å²) in [5.41, 5.74) is -0.451. The average molecular weight is 361 g/mol. The van der Waals surface area contributed by atoms with E-state index in [4.69, 9.17) is 9.16 Å². The largest absolute Gasteiger partial charge is 0.444 e. The van der Waals surface area contributed by atoms with Gasteiger partial charge in [-0.2, -0.15) is 0 Å². The van der Waals surface area contributed by atoms with Gasteiger partial charge in [0.25, 0.3) is 0 Å². The summed E-state index contributed by atoms with van der Waals surface area (Å²) < 4.78 is 11.5. The average Bonchev–Trinajstić information content (AvgIpc) is 2.34. The van der Waals surface area contributed by atoms with E-state index in [1.165, 1.54) is 0 Å². The molecule has 0 saturated carbocycles. The maximum Gasteiger partial charge on any atom is 0.410 e. The van der Waals surface area contributed by atoms with Crippen LogP contribution in [0.1, 0.15) is 54.9 Å². The van der Waals surface area contributed by atoms with Gasteiger partial charge in [0.1, 0.15) is 5.60 Å². The van der Waals surface area contributed by atoms with Crippen LogP contribution in [0.25, 0.3) is 0 Å². The van der Waals surface area contributed by atoms with E-state index in [1.807, 2.05) is 20.8 Å². The van der Waals surface area contributed by atoms with Gasteiger partial charge in [0.15, 0.2) is 8.32 Å². The van der Waals surface area contributed by atoms with E-state index in [-0.39, 0.29) is 11.1 Å². The smallest absolute Gasteiger partial charge is 0.410 e. The van der Waals surface area contributed by atoms with Gasteiger partial charge in [0, 0.05) is 32.8 Å². The lowest BCUT2D eigenvalue weighted by atomic mass is 10.2. The van der Waals surface area contributed by atoms with Crippen molar-refractivity contribution in [3.05, 3.63) is 0 Å². The molecule has 0 bridgehead atoms. The second kappa shape index (κ2) is 9.20. The van der Waals surface area contributed by atoms with Crippen molar-refractivity contribution in [3.8, 4) is 0 Å². The summed E-state index contributed by atoms with van der Waals surface area (Å²) in [5.74, 6) is 0. The molecule has 1 N–H and O–H groups in total. The summed E-state index contributed by atoms with van der Waals surface area (Å²) in [7, 11) is 0.109. The molecule has 6 heteroatoms. The molecule has 1 atom stereocenters. The predicted octanol–water partition coefficient (Wildman–Crippen LogP) is 4.24. The lowest BCUT2D eigenvalue weighted by Crippen LogP contribution is -2.42. The van der Waals surface area contributed by atoms with Crippen LogP contribution >= 0.6 is 0 Å². The van der Waals surface area contributed by atoms with Gasteiger partial charge in [-0.15, -0.1) is 0 Å². The molecule has 0 rings (SSSR count). The number of ether oxygens (including phenoxy) is 1. The van der Waals surface area contributed by atoms with E-state index >= 15 is 0 Å². The Bertz CT molecular complexity index is 387. The first-order valence-corrected chi connectivity index (χ1v) is 11.9. The molecule has 0 heterocycles. The Morgan fingerprint density at radius 3 is 2.17 bits per heavy atom. The van der Waals surface area contributed by atoms with Crippen LogP contribution in [0.5, 0.6) is 0 Å². The Balaban J connectivity index is 3.99. The Morgan fingerprint density at radius 1 is 1.17 bits per heavy atom. The first-order chi connectivity index (χ1) is 10.7. The van der Waals surface area contributed by atoms with Crippen LogP contribution < -0.4 is 5.32 Å². The highest BCUT2D eigenvalue weighted by atomic mass is 28.4. The molecule has 0 fully saturated rings. The van der Waals surface area contributed by atoms with Crippen LogP contribution in [0.4, 0.5) is 4.79 Å². The fraction of sp³-hybridized carbons (Fsp3) is 0.944. The third kappa shape index (κ3) is 9.64. The number of carbonyl (C=O) groups is 1. The number of nitrogens with zero attached hydrogens (tertiary/aromatic N) is 1. The Hall–Kier alpha value is -0.593. The van der Waals surface area contributed by atoms with Crippen molar-refractivity contribution in [1.82, 2.24) is 10.2 Å². The number of carbonyl (C=O) groups excluding carboxylic acids is 1. The molecule has 0 radical (unpaired) electrons. The summed E-state index contributed by atoms with van der Waals surface area (Å²) in [5, 5.41) is 3.69. The van der Waals surface area contributed by atoms with Crippen LogP contribution in [0.15, 0.2) is 0 Å². The van der Waals surface area contributed by atoms with Gasteiger partial charge in [-0.3, -0.25) is 0 Å². The molecule has 0 aromatic heterocycles. The zero-order chi connectivity index (χ0) is 19.2. The molecule has 144 valence electrons. The minimum atomic E-state index is -1.66. The molecule has 0 aromatic carbocycles. The molecule has 0 spiro atoms. The van der Waals surface area contributed by atoms with E-state index in [9.17, 15) is 4.79 Å². The molecule has 1 unspecified atom stereocenters.